The second kappa shape index (κ2) is 5.41. The summed E-state index contributed by atoms with van der Waals surface area (Å²) in [5.74, 6) is 1.09. The Hall–Kier alpha value is -0.870. The van der Waals surface area contributed by atoms with E-state index in [1.54, 1.807) is 0 Å². The second-order valence-corrected chi connectivity index (χ2v) is 7.47. The molecule has 1 unspecified atom stereocenters. The number of rotatable bonds is 3. The van der Waals surface area contributed by atoms with Crippen LogP contribution in [0.5, 0.6) is 0 Å². The normalized spacial score (nSPS) is 21.7. The van der Waals surface area contributed by atoms with Crippen molar-refractivity contribution in [2.24, 2.45) is 5.92 Å². The van der Waals surface area contributed by atoms with Gasteiger partial charge < -0.3 is 5.32 Å². The van der Waals surface area contributed by atoms with Gasteiger partial charge in [0.05, 0.1) is 11.5 Å². The van der Waals surface area contributed by atoms with Crippen LogP contribution in [-0.2, 0) is 9.84 Å². The molecule has 4 heteroatoms. The highest BCUT2D eigenvalue weighted by Crippen LogP contribution is 2.31. The summed E-state index contributed by atoms with van der Waals surface area (Å²) < 4.78 is 23.0. The Balaban J connectivity index is 2.15. The van der Waals surface area contributed by atoms with Crippen LogP contribution in [0, 0.1) is 12.8 Å². The van der Waals surface area contributed by atoms with E-state index in [1.165, 1.54) is 11.1 Å². The van der Waals surface area contributed by atoms with Crippen LogP contribution in [0.4, 0.5) is 0 Å². The SMILES string of the molecule is CNC(c1cccc(C)c1)C1CCS(=O)(=O)CC1. The number of benzene rings is 1. The highest BCUT2D eigenvalue weighted by atomic mass is 32.2. The van der Waals surface area contributed by atoms with Crippen LogP contribution in [-0.4, -0.2) is 27.0 Å². The molecule has 3 nitrogen and oxygen atoms in total. The maximum atomic E-state index is 11.5. The summed E-state index contributed by atoms with van der Waals surface area (Å²) in [5, 5.41) is 3.35. The predicted octanol–water partition coefficient (Wildman–Crippen LogP) is 2.08. The van der Waals surface area contributed by atoms with Crippen molar-refractivity contribution in [3.05, 3.63) is 35.4 Å². The summed E-state index contributed by atoms with van der Waals surface area (Å²) in [5.41, 5.74) is 2.51. The molecular formula is C14H21NO2S. The van der Waals surface area contributed by atoms with E-state index in [4.69, 9.17) is 0 Å². The van der Waals surface area contributed by atoms with Crippen LogP contribution in [0.2, 0.25) is 0 Å². The number of nitrogens with one attached hydrogen (secondary N) is 1. The Labute approximate surface area is 110 Å². The van der Waals surface area contributed by atoms with Crippen molar-refractivity contribution in [3.8, 4) is 0 Å². The maximum Gasteiger partial charge on any atom is 0.150 e. The molecule has 1 heterocycles. The summed E-state index contributed by atoms with van der Waals surface area (Å²) in [4.78, 5) is 0. The number of hydrogen-bond acceptors (Lipinski definition) is 3. The fourth-order valence-corrected chi connectivity index (χ4v) is 4.31. The van der Waals surface area contributed by atoms with Crippen molar-refractivity contribution in [1.29, 1.82) is 0 Å². The molecule has 0 aliphatic carbocycles. The van der Waals surface area contributed by atoms with Gasteiger partial charge >= 0.3 is 0 Å². The molecular weight excluding hydrogens is 246 g/mol. The third-order valence-corrected chi connectivity index (χ3v) is 5.50. The van der Waals surface area contributed by atoms with Gasteiger partial charge in [0.15, 0.2) is 0 Å². The summed E-state index contributed by atoms with van der Waals surface area (Å²) >= 11 is 0. The molecule has 1 N–H and O–H groups in total. The van der Waals surface area contributed by atoms with Crippen molar-refractivity contribution in [3.63, 3.8) is 0 Å². The minimum absolute atomic E-state index is 0.264. The fourth-order valence-electron chi connectivity index (χ4n) is 2.78. The third kappa shape index (κ3) is 3.12. The van der Waals surface area contributed by atoms with Gasteiger partial charge in [0.1, 0.15) is 9.84 Å². The zero-order valence-corrected chi connectivity index (χ0v) is 11.8. The fraction of sp³-hybridized carbons (Fsp3) is 0.571. The topological polar surface area (TPSA) is 46.2 Å². The Bertz CT molecular complexity index is 496. The minimum Gasteiger partial charge on any atom is -0.313 e. The molecule has 1 saturated heterocycles. The summed E-state index contributed by atoms with van der Waals surface area (Å²) in [7, 11) is -0.821. The van der Waals surface area contributed by atoms with E-state index >= 15 is 0 Å². The smallest absolute Gasteiger partial charge is 0.150 e. The van der Waals surface area contributed by atoms with Gasteiger partial charge in [0.2, 0.25) is 0 Å². The summed E-state index contributed by atoms with van der Waals surface area (Å²) in [6, 6.07) is 8.72. The van der Waals surface area contributed by atoms with Crippen LogP contribution in [0.1, 0.15) is 30.0 Å². The number of aryl methyl sites for hydroxylation is 1. The molecule has 1 fully saturated rings. The maximum absolute atomic E-state index is 11.5. The van der Waals surface area contributed by atoms with Gasteiger partial charge in [-0.05, 0) is 38.3 Å². The van der Waals surface area contributed by atoms with Crippen molar-refractivity contribution >= 4 is 9.84 Å². The molecule has 2 rings (SSSR count). The Morgan fingerprint density at radius 1 is 1.28 bits per heavy atom. The molecule has 0 radical (unpaired) electrons. The molecule has 1 atom stereocenters. The Kier molecular flexibility index (Phi) is 4.07. The van der Waals surface area contributed by atoms with E-state index in [9.17, 15) is 8.42 Å². The number of hydrogen-bond donors (Lipinski definition) is 1. The summed E-state index contributed by atoms with van der Waals surface area (Å²) in [6.45, 7) is 2.08. The van der Waals surface area contributed by atoms with Gasteiger partial charge in [-0.2, -0.15) is 0 Å². The van der Waals surface area contributed by atoms with E-state index in [1.807, 2.05) is 7.05 Å². The quantitative estimate of drug-likeness (QED) is 0.912. The number of sulfone groups is 1. The average molecular weight is 267 g/mol. The van der Waals surface area contributed by atoms with E-state index in [0.717, 1.165) is 12.8 Å². The predicted molar refractivity (Wildman–Crippen MR) is 74.4 cm³/mol. The zero-order valence-electron chi connectivity index (χ0n) is 11.0. The molecule has 1 aromatic carbocycles. The summed E-state index contributed by atoms with van der Waals surface area (Å²) in [6.07, 6.45) is 1.53. The monoisotopic (exact) mass is 267 g/mol. The van der Waals surface area contributed by atoms with Crippen molar-refractivity contribution in [1.82, 2.24) is 5.32 Å². The third-order valence-electron chi connectivity index (χ3n) is 3.78. The van der Waals surface area contributed by atoms with E-state index in [0.29, 0.717) is 17.4 Å². The van der Waals surface area contributed by atoms with Gasteiger partial charge in [-0.3, -0.25) is 0 Å². The molecule has 0 aromatic heterocycles. The average Bonchev–Trinajstić information content (AvgIpc) is 2.32. The second-order valence-electron chi connectivity index (χ2n) is 5.17. The van der Waals surface area contributed by atoms with E-state index in [2.05, 4.69) is 36.5 Å². The molecule has 0 amide bonds. The Morgan fingerprint density at radius 3 is 2.50 bits per heavy atom. The first kappa shape index (κ1) is 13.6. The lowest BCUT2D eigenvalue weighted by molar-refractivity contribution is 0.350. The highest BCUT2D eigenvalue weighted by molar-refractivity contribution is 7.91. The molecule has 0 spiro atoms. The first-order chi connectivity index (χ1) is 8.52. The lowest BCUT2D eigenvalue weighted by Crippen LogP contribution is -2.32. The molecule has 0 saturated carbocycles. The Morgan fingerprint density at radius 2 is 1.94 bits per heavy atom. The van der Waals surface area contributed by atoms with Gasteiger partial charge in [-0.15, -0.1) is 0 Å². The highest BCUT2D eigenvalue weighted by Gasteiger charge is 2.29. The molecule has 1 aromatic rings. The van der Waals surface area contributed by atoms with Crippen LogP contribution in [0.3, 0.4) is 0 Å². The van der Waals surface area contributed by atoms with Crippen molar-refractivity contribution in [2.75, 3.05) is 18.6 Å². The molecule has 18 heavy (non-hydrogen) atoms. The van der Waals surface area contributed by atoms with E-state index < -0.39 is 9.84 Å². The lowest BCUT2D eigenvalue weighted by atomic mass is 9.88. The first-order valence-corrected chi connectivity index (χ1v) is 8.28. The zero-order chi connectivity index (χ0) is 13.2. The van der Waals surface area contributed by atoms with Gasteiger partial charge in [0.25, 0.3) is 0 Å². The van der Waals surface area contributed by atoms with Crippen LogP contribution in [0.15, 0.2) is 24.3 Å². The van der Waals surface area contributed by atoms with E-state index in [-0.39, 0.29) is 6.04 Å². The largest absolute Gasteiger partial charge is 0.313 e. The lowest BCUT2D eigenvalue weighted by Gasteiger charge is -2.30. The molecule has 100 valence electrons. The molecule has 0 bridgehead atoms. The van der Waals surface area contributed by atoms with Crippen LogP contribution < -0.4 is 5.32 Å². The minimum atomic E-state index is -2.78. The van der Waals surface area contributed by atoms with Crippen LogP contribution in [0.25, 0.3) is 0 Å². The first-order valence-electron chi connectivity index (χ1n) is 6.46. The van der Waals surface area contributed by atoms with Gasteiger partial charge in [0, 0.05) is 6.04 Å². The van der Waals surface area contributed by atoms with Gasteiger partial charge in [-0.25, -0.2) is 8.42 Å². The molecule has 1 aliphatic heterocycles. The molecule has 1 aliphatic rings. The van der Waals surface area contributed by atoms with Gasteiger partial charge in [-0.1, -0.05) is 29.8 Å². The standard InChI is InChI=1S/C14H21NO2S/c1-11-4-3-5-13(10-11)14(15-2)12-6-8-18(16,17)9-7-12/h3-5,10,12,14-15H,6-9H2,1-2H3. The van der Waals surface area contributed by atoms with Crippen molar-refractivity contribution < 1.29 is 8.42 Å². The van der Waals surface area contributed by atoms with Crippen molar-refractivity contribution in [2.45, 2.75) is 25.8 Å². The van der Waals surface area contributed by atoms with Crippen LogP contribution >= 0.6 is 0 Å².